The highest BCUT2D eigenvalue weighted by Crippen LogP contribution is 2.38. The molecule has 0 aliphatic carbocycles. The number of benzene rings is 1. The van der Waals surface area contributed by atoms with Crippen LogP contribution in [0.4, 0.5) is 18.9 Å². The van der Waals surface area contributed by atoms with Gasteiger partial charge in [-0.1, -0.05) is 17.8 Å². The van der Waals surface area contributed by atoms with Crippen molar-refractivity contribution in [2.24, 2.45) is 4.99 Å². The third kappa shape index (κ3) is 3.64. The van der Waals surface area contributed by atoms with E-state index in [2.05, 4.69) is 10.3 Å². The van der Waals surface area contributed by atoms with Crippen LogP contribution < -0.4 is 5.32 Å². The maximum Gasteiger partial charge on any atom is 0.418 e. The zero-order valence-corrected chi connectivity index (χ0v) is 10.8. The zero-order valence-electron chi connectivity index (χ0n) is 10.0. The number of nitriles is 1. The minimum Gasteiger partial charge on any atom is -0.478 e. The van der Waals surface area contributed by atoms with Crippen LogP contribution in [0.1, 0.15) is 15.9 Å². The Bertz CT molecular complexity index is 594. The molecule has 0 saturated carbocycles. The second-order valence-corrected chi connectivity index (χ2v) is 4.16. The van der Waals surface area contributed by atoms with Gasteiger partial charge in [-0.3, -0.25) is 5.32 Å². The van der Waals surface area contributed by atoms with Crippen molar-refractivity contribution in [3.8, 4) is 6.19 Å². The van der Waals surface area contributed by atoms with Gasteiger partial charge in [0.25, 0.3) is 0 Å². The van der Waals surface area contributed by atoms with E-state index >= 15 is 0 Å². The van der Waals surface area contributed by atoms with E-state index in [9.17, 15) is 18.0 Å². The lowest BCUT2D eigenvalue weighted by atomic mass is 10.1. The Labute approximate surface area is 116 Å². The third-order valence-corrected chi connectivity index (χ3v) is 2.72. The van der Waals surface area contributed by atoms with Crippen molar-refractivity contribution in [1.29, 1.82) is 5.26 Å². The second kappa shape index (κ2) is 6.29. The fraction of sp³-hybridized carbons (Fsp3) is 0.182. The first-order valence-corrected chi connectivity index (χ1v) is 6.25. The van der Waals surface area contributed by atoms with Crippen LogP contribution in [0.5, 0.6) is 0 Å². The zero-order chi connectivity index (χ0) is 15.3. The fourth-order valence-electron chi connectivity index (χ4n) is 1.34. The summed E-state index contributed by atoms with van der Waals surface area (Å²) in [5.74, 6) is -1.53. The van der Waals surface area contributed by atoms with Gasteiger partial charge in [-0.25, -0.2) is 9.79 Å². The number of carbonyl (C=O) groups is 1. The van der Waals surface area contributed by atoms with Crippen molar-refractivity contribution in [1.82, 2.24) is 5.32 Å². The molecule has 0 radical (unpaired) electrons. The van der Waals surface area contributed by atoms with Crippen LogP contribution in [0, 0.1) is 11.5 Å². The van der Waals surface area contributed by atoms with Gasteiger partial charge in [-0.15, -0.1) is 0 Å². The highest BCUT2D eigenvalue weighted by Gasteiger charge is 2.35. The van der Waals surface area contributed by atoms with E-state index in [1.807, 2.05) is 0 Å². The molecule has 0 heterocycles. The average molecular weight is 303 g/mol. The van der Waals surface area contributed by atoms with E-state index < -0.39 is 29.0 Å². The van der Waals surface area contributed by atoms with Crippen LogP contribution in [0.15, 0.2) is 23.2 Å². The molecule has 5 nitrogen and oxygen atoms in total. The number of thioether (sulfide) groups is 1. The third-order valence-electron chi connectivity index (χ3n) is 2.14. The van der Waals surface area contributed by atoms with Crippen LogP contribution in [0.3, 0.4) is 0 Å². The minimum atomic E-state index is -4.75. The summed E-state index contributed by atoms with van der Waals surface area (Å²) in [7, 11) is 0. The molecule has 0 saturated heterocycles. The van der Waals surface area contributed by atoms with Gasteiger partial charge in [0.1, 0.15) is 0 Å². The second-order valence-electron chi connectivity index (χ2n) is 3.36. The first kappa shape index (κ1) is 15.8. The van der Waals surface area contributed by atoms with E-state index in [1.165, 1.54) is 12.4 Å². The molecule has 0 atom stereocenters. The molecule has 2 N–H and O–H groups in total. The summed E-state index contributed by atoms with van der Waals surface area (Å²) in [4.78, 5) is 14.6. The molecule has 1 rings (SSSR count). The van der Waals surface area contributed by atoms with Crippen molar-refractivity contribution < 1.29 is 23.1 Å². The van der Waals surface area contributed by atoms with E-state index in [4.69, 9.17) is 10.4 Å². The monoisotopic (exact) mass is 303 g/mol. The number of nitrogens with one attached hydrogen (secondary N) is 1. The molecule has 0 spiro atoms. The highest BCUT2D eigenvalue weighted by atomic mass is 32.2. The maximum absolute atomic E-state index is 12.9. The lowest BCUT2D eigenvalue weighted by Gasteiger charge is -2.12. The van der Waals surface area contributed by atoms with Gasteiger partial charge in [-0.2, -0.15) is 18.4 Å². The van der Waals surface area contributed by atoms with Crippen LogP contribution >= 0.6 is 11.8 Å². The van der Waals surface area contributed by atoms with E-state index in [-0.39, 0.29) is 5.17 Å². The first-order valence-electron chi connectivity index (χ1n) is 5.02. The minimum absolute atomic E-state index is 0.133. The molecule has 0 fully saturated rings. The molecule has 0 bridgehead atoms. The van der Waals surface area contributed by atoms with Crippen molar-refractivity contribution in [3.05, 3.63) is 29.3 Å². The molecular formula is C11H8F3N3O2S. The normalized spacial score (nSPS) is 11.8. The molecule has 9 heteroatoms. The van der Waals surface area contributed by atoms with Crippen molar-refractivity contribution in [3.63, 3.8) is 0 Å². The van der Waals surface area contributed by atoms with Gasteiger partial charge in [0.2, 0.25) is 0 Å². The molecular weight excluding hydrogens is 295 g/mol. The Morgan fingerprint density at radius 2 is 2.15 bits per heavy atom. The molecule has 0 aliphatic heterocycles. The molecule has 0 amide bonds. The highest BCUT2D eigenvalue weighted by molar-refractivity contribution is 8.13. The topological polar surface area (TPSA) is 85.5 Å². The fourth-order valence-corrected chi connectivity index (χ4v) is 1.67. The Kier molecular flexibility index (Phi) is 4.99. The number of aromatic carboxylic acids is 1. The Balaban J connectivity index is 3.55. The quantitative estimate of drug-likeness (QED) is 0.380. The van der Waals surface area contributed by atoms with Crippen molar-refractivity contribution in [2.45, 2.75) is 6.18 Å². The number of carboxylic acids is 1. The number of rotatable bonds is 2. The Hall–Kier alpha value is -2.21. The van der Waals surface area contributed by atoms with Crippen molar-refractivity contribution in [2.75, 3.05) is 6.26 Å². The predicted octanol–water partition coefficient (Wildman–Crippen LogP) is 2.82. The van der Waals surface area contributed by atoms with Gasteiger partial charge in [-0.05, 0) is 18.4 Å². The number of para-hydroxylation sites is 1. The molecule has 106 valence electrons. The largest absolute Gasteiger partial charge is 0.478 e. The summed E-state index contributed by atoms with van der Waals surface area (Å²) in [6, 6.07) is 2.73. The van der Waals surface area contributed by atoms with Crippen molar-refractivity contribution >= 4 is 28.6 Å². The number of nitrogens with zero attached hydrogens (tertiary/aromatic N) is 2. The number of amidine groups is 1. The molecule has 20 heavy (non-hydrogen) atoms. The van der Waals surface area contributed by atoms with Gasteiger partial charge in [0, 0.05) is 0 Å². The average Bonchev–Trinajstić information content (AvgIpc) is 2.36. The number of hydrogen-bond acceptors (Lipinski definition) is 4. The SMILES string of the molecule is CSC(=Nc1c(C(=O)O)cccc1C(F)(F)F)NC#N. The number of hydrogen-bond donors (Lipinski definition) is 2. The summed E-state index contributed by atoms with van der Waals surface area (Å²) in [5, 5.41) is 19.4. The Morgan fingerprint density at radius 1 is 1.50 bits per heavy atom. The smallest absolute Gasteiger partial charge is 0.418 e. The van der Waals surface area contributed by atoms with E-state index in [1.54, 1.807) is 0 Å². The van der Waals surface area contributed by atoms with Crippen LogP contribution in [-0.2, 0) is 6.18 Å². The maximum atomic E-state index is 12.9. The van der Waals surface area contributed by atoms with Gasteiger partial charge in [0.05, 0.1) is 16.8 Å². The number of carboxylic acid groups (broad SMARTS) is 1. The van der Waals surface area contributed by atoms with E-state index in [0.29, 0.717) is 0 Å². The summed E-state index contributed by atoms with van der Waals surface area (Å²) < 4.78 is 38.6. The molecule has 0 aromatic heterocycles. The van der Waals surface area contributed by atoms with E-state index in [0.717, 1.165) is 30.0 Å². The summed E-state index contributed by atoms with van der Waals surface area (Å²) in [6.07, 6.45) is -1.75. The summed E-state index contributed by atoms with van der Waals surface area (Å²) >= 11 is 0.885. The first-order chi connectivity index (χ1) is 9.31. The lowest BCUT2D eigenvalue weighted by Crippen LogP contribution is -2.15. The Morgan fingerprint density at radius 3 is 2.60 bits per heavy atom. The molecule has 1 aromatic carbocycles. The number of aliphatic imine (C=N–C) groups is 1. The lowest BCUT2D eigenvalue weighted by molar-refractivity contribution is -0.137. The number of halogens is 3. The van der Waals surface area contributed by atoms with Crippen LogP contribution in [-0.4, -0.2) is 22.5 Å². The van der Waals surface area contributed by atoms with Crippen LogP contribution in [0.25, 0.3) is 0 Å². The summed E-state index contributed by atoms with van der Waals surface area (Å²) in [5.41, 5.74) is -2.51. The number of alkyl halides is 3. The van der Waals surface area contributed by atoms with Gasteiger partial charge in [0.15, 0.2) is 11.4 Å². The van der Waals surface area contributed by atoms with Gasteiger partial charge < -0.3 is 5.11 Å². The standard InChI is InChI=1S/C11H8F3N3O2S/c1-20-10(16-5-15)17-8-6(9(18)19)3-2-4-7(8)11(12,13)14/h2-4H,1H3,(H,16,17)(H,18,19). The molecule has 1 aromatic rings. The molecule has 0 unspecified atom stereocenters. The molecule has 0 aliphatic rings. The van der Waals surface area contributed by atoms with Gasteiger partial charge >= 0.3 is 12.1 Å². The van der Waals surface area contributed by atoms with Crippen LogP contribution in [0.2, 0.25) is 0 Å². The summed E-state index contributed by atoms with van der Waals surface area (Å²) in [6.45, 7) is 0. The predicted molar refractivity (Wildman–Crippen MR) is 67.8 cm³/mol.